The monoisotopic (exact) mass is 465 g/mol. The van der Waals surface area contributed by atoms with Crippen molar-refractivity contribution in [2.45, 2.75) is 19.6 Å². The van der Waals surface area contributed by atoms with Gasteiger partial charge in [0.15, 0.2) is 0 Å². The molecule has 3 nitrogen and oxygen atoms in total. The fourth-order valence-electron chi connectivity index (χ4n) is 5.54. The number of benzene rings is 4. The van der Waals surface area contributed by atoms with Crippen LogP contribution >= 0.6 is 0 Å². The number of fused-ring (bicyclic) bond motifs is 3. The number of para-hydroxylation sites is 3. The summed E-state index contributed by atoms with van der Waals surface area (Å²) >= 11 is 0. The molecule has 3 heterocycles. The lowest BCUT2D eigenvalue weighted by atomic mass is 10.0. The molecule has 0 atom stereocenters. The molecule has 0 spiro atoms. The molecule has 0 saturated heterocycles. The maximum absolute atomic E-state index is 2.38. The first-order chi connectivity index (χ1) is 17.8. The van der Waals surface area contributed by atoms with Crippen molar-refractivity contribution in [1.82, 2.24) is 13.7 Å². The summed E-state index contributed by atoms with van der Waals surface area (Å²) in [7, 11) is 0. The van der Waals surface area contributed by atoms with E-state index in [0.717, 1.165) is 19.6 Å². The Hall–Kier alpha value is -4.50. The van der Waals surface area contributed by atoms with E-state index < -0.39 is 0 Å². The van der Waals surface area contributed by atoms with Gasteiger partial charge in [0, 0.05) is 54.8 Å². The fourth-order valence-corrected chi connectivity index (χ4v) is 5.54. The van der Waals surface area contributed by atoms with E-state index >= 15 is 0 Å². The first-order valence-electron chi connectivity index (χ1n) is 12.5. The Balaban J connectivity index is 1.29. The van der Waals surface area contributed by atoms with E-state index in [0.29, 0.717) is 0 Å². The van der Waals surface area contributed by atoms with Crippen molar-refractivity contribution in [2.75, 3.05) is 0 Å². The molecule has 4 aromatic carbocycles. The molecule has 36 heavy (non-hydrogen) atoms. The summed E-state index contributed by atoms with van der Waals surface area (Å²) in [6.07, 6.45) is 6.61. The predicted molar refractivity (Wildman–Crippen MR) is 150 cm³/mol. The van der Waals surface area contributed by atoms with Crippen LogP contribution in [0, 0.1) is 0 Å². The quantitative estimate of drug-likeness (QED) is 0.239. The van der Waals surface area contributed by atoms with Gasteiger partial charge in [-0.2, -0.15) is 0 Å². The minimum Gasteiger partial charge on any atom is -0.343 e. The lowest BCUT2D eigenvalue weighted by molar-refractivity contribution is 0.793. The molecule has 0 aliphatic heterocycles. The molecule has 7 aromatic rings. The Kier molecular flexibility index (Phi) is 4.99. The second-order valence-corrected chi connectivity index (χ2v) is 9.67. The lowest BCUT2D eigenvalue weighted by Gasteiger charge is -2.14. The number of aromatic nitrogens is 3. The van der Waals surface area contributed by atoms with Gasteiger partial charge in [-0.1, -0.05) is 72.8 Å². The van der Waals surface area contributed by atoms with Gasteiger partial charge < -0.3 is 13.7 Å². The fraction of sp³-hybridized carbons (Fsp3) is 0.0909. The SMILES string of the molecule is c1ccc2c(c1)ccn2Cc1cc(Cn2ccc3ccccc32)cc(Cn2ccc3ccccc32)c1. The molecule has 0 radical (unpaired) electrons. The van der Waals surface area contributed by atoms with Crippen LogP contribution in [0.5, 0.6) is 0 Å². The van der Waals surface area contributed by atoms with E-state index in [1.54, 1.807) is 0 Å². The summed E-state index contributed by atoms with van der Waals surface area (Å²) in [5.74, 6) is 0. The Morgan fingerprint density at radius 3 is 1.00 bits per heavy atom. The topological polar surface area (TPSA) is 14.8 Å². The number of rotatable bonds is 6. The summed E-state index contributed by atoms with van der Waals surface area (Å²) < 4.78 is 7.07. The zero-order chi connectivity index (χ0) is 23.9. The van der Waals surface area contributed by atoms with Crippen LogP contribution in [0.1, 0.15) is 16.7 Å². The van der Waals surface area contributed by atoms with Crippen molar-refractivity contribution in [1.29, 1.82) is 0 Å². The van der Waals surface area contributed by atoms with E-state index in [4.69, 9.17) is 0 Å². The van der Waals surface area contributed by atoms with Crippen molar-refractivity contribution >= 4 is 32.7 Å². The Bertz CT molecular complexity index is 1600. The van der Waals surface area contributed by atoms with Gasteiger partial charge in [0.2, 0.25) is 0 Å². The summed E-state index contributed by atoms with van der Waals surface area (Å²) in [5.41, 5.74) is 7.82. The van der Waals surface area contributed by atoms with E-state index in [-0.39, 0.29) is 0 Å². The molecule has 0 amide bonds. The third-order valence-corrected chi connectivity index (χ3v) is 7.21. The van der Waals surface area contributed by atoms with Crippen LogP contribution in [-0.2, 0) is 19.6 Å². The number of hydrogen-bond acceptors (Lipinski definition) is 0. The first kappa shape index (κ1) is 20.8. The van der Waals surface area contributed by atoms with Crippen molar-refractivity contribution in [3.63, 3.8) is 0 Å². The highest BCUT2D eigenvalue weighted by atomic mass is 15.0. The zero-order valence-corrected chi connectivity index (χ0v) is 20.1. The highest BCUT2D eigenvalue weighted by molar-refractivity contribution is 5.81. The lowest BCUT2D eigenvalue weighted by Crippen LogP contribution is -2.05. The third-order valence-electron chi connectivity index (χ3n) is 7.21. The molecule has 3 aromatic heterocycles. The van der Waals surface area contributed by atoms with Crippen LogP contribution in [0.15, 0.2) is 128 Å². The molecule has 174 valence electrons. The Labute approximate surface area is 210 Å². The second-order valence-electron chi connectivity index (χ2n) is 9.67. The van der Waals surface area contributed by atoms with E-state index in [1.807, 2.05) is 0 Å². The zero-order valence-electron chi connectivity index (χ0n) is 20.1. The smallest absolute Gasteiger partial charge is 0.0483 e. The van der Waals surface area contributed by atoms with Gasteiger partial charge in [-0.25, -0.2) is 0 Å². The van der Waals surface area contributed by atoms with Gasteiger partial charge >= 0.3 is 0 Å². The molecule has 7 rings (SSSR count). The highest BCUT2D eigenvalue weighted by Gasteiger charge is 2.09. The average molecular weight is 466 g/mol. The summed E-state index contributed by atoms with van der Waals surface area (Å²) in [6.45, 7) is 2.56. The molecule has 0 aliphatic rings. The Morgan fingerprint density at radius 1 is 0.361 bits per heavy atom. The van der Waals surface area contributed by atoms with Crippen LogP contribution in [0.3, 0.4) is 0 Å². The molecule has 0 bridgehead atoms. The van der Waals surface area contributed by atoms with Gasteiger partial charge in [-0.05, 0) is 69.2 Å². The molecule has 0 N–H and O–H groups in total. The molecule has 0 unspecified atom stereocenters. The summed E-state index contributed by atoms with van der Waals surface area (Å²) in [6, 6.07) is 39.6. The summed E-state index contributed by atoms with van der Waals surface area (Å²) in [4.78, 5) is 0. The minimum absolute atomic E-state index is 0.854. The van der Waals surface area contributed by atoms with Crippen molar-refractivity contribution in [3.8, 4) is 0 Å². The van der Waals surface area contributed by atoms with E-state index in [1.165, 1.54) is 49.4 Å². The first-order valence-corrected chi connectivity index (χ1v) is 12.5. The second kappa shape index (κ2) is 8.62. The Morgan fingerprint density at radius 2 is 0.667 bits per heavy atom. The van der Waals surface area contributed by atoms with Gasteiger partial charge in [-0.15, -0.1) is 0 Å². The maximum atomic E-state index is 2.38. The number of hydrogen-bond donors (Lipinski definition) is 0. The van der Waals surface area contributed by atoms with Crippen LogP contribution in [-0.4, -0.2) is 13.7 Å². The van der Waals surface area contributed by atoms with Crippen LogP contribution in [0.25, 0.3) is 32.7 Å². The normalized spacial score (nSPS) is 11.7. The molecule has 0 saturated carbocycles. The van der Waals surface area contributed by atoms with Crippen LogP contribution in [0.4, 0.5) is 0 Å². The molecular formula is C33H27N3. The predicted octanol–water partition coefficient (Wildman–Crippen LogP) is 7.70. The van der Waals surface area contributed by atoms with Crippen LogP contribution in [0.2, 0.25) is 0 Å². The molecule has 0 fully saturated rings. The number of nitrogens with zero attached hydrogens (tertiary/aromatic N) is 3. The van der Waals surface area contributed by atoms with Crippen molar-refractivity contribution < 1.29 is 0 Å². The standard InChI is InChI=1S/C33H27N3/c1-4-10-31-28(7-1)13-16-34(31)22-25-19-26(23-35-17-14-29-8-2-5-11-32(29)35)21-27(20-25)24-36-18-15-30-9-3-6-12-33(30)36/h1-21H,22-24H2. The average Bonchev–Trinajstić information content (AvgIpc) is 3.62. The van der Waals surface area contributed by atoms with Gasteiger partial charge in [0.05, 0.1) is 0 Å². The molecule has 0 aliphatic carbocycles. The van der Waals surface area contributed by atoms with Gasteiger partial charge in [0.1, 0.15) is 0 Å². The van der Waals surface area contributed by atoms with E-state index in [2.05, 4.69) is 141 Å². The van der Waals surface area contributed by atoms with Crippen LogP contribution < -0.4 is 0 Å². The molecule has 3 heteroatoms. The van der Waals surface area contributed by atoms with Crippen molar-refractivity contribution in [2.24, 2.45) is 0 Å². The van der Waals surface area contributed by atoms with Gasteiger partial charge in [0.25, 0.3) is 0 Å². The van der Waals surface area contributed by atoms with Crippen molar-refractivity contribution in [3.05, 3.63) is 144 Å². The largest absolute Gasteiger partial charge is 0.343 e. The van der Waals surface area contributed by atoms with Gasteiger partial charge in [-0.3, -0.25) is 0 Å². The third kappa shape index (κ3) is 3.79. The summed E-state index contributed by atoms with van der Waals surface area (Å²) in [5, 5.41) is 3.85. The van der Waals surface area contributed by atoms with E-state index in [9.17, 15) is 0 Å². The maximum Gasteiger partial charge on any atom is 0.0483 e. The highest BCUT2D eigenvalue weighted by Crippen LogP contribution is 2.23. The minimum atomic E-state index is 0.854. The molecular weight excluding hydrogens is 438 g/mol.